The van der Waals surface area contributed by atoms with Gasteiger partial charge in [-0.05, 0) is 92.4 Å². The van der Waals surface area contributed by atoms with E-state index in [0.29, 0.717) is 32.2 Å². The molecular formula is C39H55F2N3O5. The van der Waals surface area contributed by atoms with E-state index in [2.05, 4.69) is 22.2 Å². The lowest BCUT2D eigenvalue weighted by atomic mass is 9.79. The minimum Gasteiger partial charge on any atom is -0.490 e. The van der Waals surface area contributed by atoms with Crippen molar-refractivity contribution in [2.45, 2.75) is 115 Å². The molecule has 1 heterocycles. The molecule has 4 rings (SSSR count). The maximum absolute atomic E-state index is 15.1. The molecule has 2 aliphatic rings. The Balaban J connectivity index is 1.23. The third-order valence-electron chi connectivity index (χ3n) is 9.97. The van der Waals surface area contributed by atoms with Gasteiger partial charge < -0.3 is 25.4 Å². The fourth-order valence-corrected chi connectivity index (χ4v) is 7.40. The first kappa shape index (κ1) is 38.3. The summed E-state index contributed by atoms with van der Waals surface area (Å²) in [6.45, 7) is 4.99. The first-order chi connectivity index (χ1) is 23.6. The predicted molar refractivity (Wildman–Crippen MR) is 186 cm³/mol. The van der Waals surface area contributed by atoms with E-state index in [1.165, 1.54) is 25.2 Å². The highest BCUT2D eigenvalue weighted by molar-refractivity contribution is 5.92. The quantitative estimate of drug-likeness (QED) is 0.170. The molecule has 2 amide bonds. The Morgan fingerprint density at radius 1 is 0.959 bits per heavy atom. The normalized spacial score (nSPS) is 18.3. The maximum atomic E-state index is 15.1. The van der Waals surface area contributed by atoms with Crippen molar-refractivity contribution in [1.82, 2.24) is 10.2 Å². The summed E-state index contributed by atoms with van der Waals surface area (Å²) in [7, 11) is 1.26. The van der Waals surface area contributed by atoms with Crippen LogP contribution in [-0.2, 0) is 27.2 Å². The number of methoxy groups -OCH3 is 1. The molecule has 1 saturated heterocycles. The number of nitrogens with one attached hydrogen (secondary N) is 1. The number of hydrogen-bond acceptors (Lipinski definition) is 6. The summed E-state index contributed by atoms with van der Waals surface area (Å²) in [4.78, 5) is 40.0. The zero-order valence-electron chi connectivity index (χ0n) is 29.5. The fourth-order valence-electron chi connectivity index (χ4n) is 7.40. The van der Waals surface area contributed by atoms with Gasteiger partial charge in [0.2, 0.25) is 5.91 Å². The van der Waals surface area contributed by atoms with Crippen LogP contribution in [-0.4, -0.2) is 61.6 Å². The molecule has 3 atom stereocenters. The van der Waals surface area contributed by atoms with Gasteiger partial charge in [-0.3, -0.25) is 9.59 Å². The van der Waals surface area contributed by atoms with E-state index < -0.39 is 29.7 Å². The van der Waals surface area contributed by atoms with Gasteiger partial charge in [0.15, 0.2) is 17.3 Å². The van der Waals surface area contributed by atoms with E-state index in [1.54, 1.807) is 4.90 Å². The average Bonchev–Trinajstić information content (AvgIpc) is 3.08. The van der Waals surface area contributed by atoms with Crippen molar-refractivity contribution >= 4 is 17.8 Å². The minimum atomic E-state index is -0.627. The van der Waals surface area contributed by atoms with Gasteiger partial charge in [-0.1, -0.05) is 57.4 Å². The number of benzene rings is 2. The van der Waals surface area contributed by atoms with Crippen LogP contribution in [0.5, 0.6) is 5.75 Å². The van der Waals surface area contributed by atoms with Crippen molar-refractivity contribution in [2.24, 2.45) is 17.6 Å². The largest absolute Gasteiger partial charge is 0.490 e. The van der Waals surface area contributed by atoms with Crippen LogP contribution in [0.3, 0.4) is 0 Å². The number of likely N-dealkylation sites (tertiary alicyclic amines) is 1. The number of carbonyl (C=O) groups excluding carboxylic acids is 3. The number of piperidine rings is 1. The number of halogens is 2. The summed E-state index contributed by atoms with van der Waals surface area (Å²) < 4.78 is 40.2. The molecule has 3 N–H and O–H groups in total. The van der Waals surface area contributed by atoms with Crippen LogP contribution in [0.15, 0.2) is 36.4 Å². The topological polar surface area (TPSA) is 111 Å². The number of ether oxygens (including phenoxy) is 2. The van der Waals surface area contributed by atoms with Crippen molar-refractivity contribution in [3.8, 4) is 5.75 Å². The number of Topliss-reactive ketones (excluding diaryl/α,β-unsaturated/α-hetero) is 1. The highest BCUT2D eigenvalue weighted by Crippen LogP contribution is 2.33. The number of ketones is 1. The van der Waals surface area contributed by atoms with Gasteiger partial charge in [0.05, 0.1) is 25.8 Å². The first-order valence-electron chi connectivity index (χ1n) is 18.2. The standard InChI is InChI=1S/C39H55F2N3O5/c1-26(2)21-30(25-43-39(47)48-3)31-23-33(41)36(24-32(31)40)49-20-9-5-6-11-27-15-17-28(18-16-27)22-35(45)37(29-12-7-4-8-13-29)44-19-10-14-34(42)38(44)46/h15-18,23-24,26,29-30,34,37H,4-14,19-22,25,42H2,1-3H3,(H,43,47)/t30-,34?,37?/m1/s1. The van der Waals surface area contributed by atoms with Crippen molar-refractivity contribution in [1.29, 1.82) is 0 Å². The Hall–Kier alpha value is -3.53. The molecule has 1 aliphatic carbocycles. The Bertz CT molecular complexity index is 1380. The van der Waals surface area contributed by atoms with Crippen LogP contribution in [0.25, 0.3) is 0 Å². The second-order valence-electron chi connectivity index (χ2n) is 14.2. The molecule has 1 aliphatic heterocycles. The smallest absolute Gasteiger partial charge is 0.406 e. The number of unbranched alkanes of at least 4 members (excludes halogenated alkanes) is 2. The summed E-state index contributed by atoms with van der Waals surface area (Å²) in [6.07, 6.45) is 10.4. The fraction of sp³-hybridized carbons (Fsp3) is 0.615. The van der Waals surface area contributed by atoms with Crippen molar-refractivity contribution < 1.29 is 32.6 Å². The van der Waals surface area contributed by atoms with Crippen molar-refractivity contribution in [3.05, 3.63) is 64.7 Å². The number of hydrogen-bond donors (Lipinski definition) is 2. The SMILES string of the molecule is COC(=O)NC[C@@H](CC(C)C)c1cc(F)c(OCCCCCc2ccc(CC(=O)C(C3CCCCC3)N3CCCC(N)C3=O)cc2)cc1F. The Kier molecular flexibility index (Phi) is 14.9. The van der Waals surface area contributed by atoms with Crippen LogP contribution < -0.4 is 15.8 Å². The summed E-state index contributed by atoms with van der Waals surface area (Å²) in [5.74, 6) is -1.26. The summed E-state index contributed by atoms with van der Waals surface area (Å²) >= 11 is 0. The van der Waals surface area contributed by atoms with E-state index in [-0.39, 0.29) is 54.0 Å². The Morgan fingerprint density at radius 3 is 2.37 bits per heavy atom. The molecule has 2 aromatic rings. The van der Waals surface area contributed by atoms with Crippen LogP contribution >= 0.6 is 0 Å². The molecular weight excluding hydrogens is 628 g/mol. The van der Waals surface area contributed by atoms with Crippen molar-refractivity contribution in [3.63, 3.8) is 0 Å². The zero-order chi connectivity index (χ0) is 35.3. The molecule has 270 valence electrons. The molecule has 0 spiro atoms. The highest BCUT2D eigenvalue weighted by atomic mass is 19.1. The molecule has 0 aromatic heterocycles. The minimum absolute atomic E-state index is 0.0804. The van der Waals surface area contributed by atoms with Gasteiger partial charge >= 0.3 is 6.09 Å². The van der Waals surface area contributed by atoms with Gasteiger partial charge in [-0.25, -0.2) is 13.6 Å². The van der Waals surface area contributed by atoms with Gasteiger partial charge in [-0.15, -0.1) is 0 Å². The molecule has 10 heteroatoms. The number of alkyl carbamates (subject to hydrolysis) is 1. The maximum Gasteiger partial charge on any atom is 0.406 e. The average molecular weight is 684 g/mol. The third kappa shape index (κ3) is 11.2. The van der Waals surface area contributed by atoms with Gasteiger partial charge in [-0.2, -0.15) is 0 Å². The van der Waals surface area contributed by atoms with Gasteiger partial charge in [0.25, 0.3) is 0 Å². The second-order valence-corrected chi connectivity index (χ2v) is 14.2. The molecule has 49 heavy (non-hydrogen) atoms. The molecule has 2 fully saturated rings. The van der Waals surface area contributed by atoms with Gasteiger partial charge in [0, 0.05) is 31.5 Å². The lowest BCUT2D eigenvalue weighted by Gasteiger charge is -2.41. The Labute approximate surface area is 290 Å². The van der Waals surface area contributed by atoms with Crippen molar-refractivity contribution in [2.75, 3.05) is 26.8 Å². The van der Waals surface area contributed by atoms with Crippen LogP contribution in [0.2, 0.25) is 0 Å². The number of nitrogens with two attached hydrogens (primary N) is 1. The van der Waals surface area contributed by atoms with Crippen LogP contribution in [0.1, 0.15) is 107 Å². The molecule has 8 nitrogen and oxygen atoms in total. The number of nitrogens with zero attached hydrogens (tertiary/aromatic N) is 1. The predicted octanol–water partition coefficient (Wildman–Crippen LogP) is 7.25. The summed E-state index contributed by atoms with van der Waals surface area (Å²) in [5.41, 5.74) is 8.43. The molecule has 2 aromatic carbocycles. The molecule has 2 unspecified atom stereocenters. The summed E-state index contributed by atoms with van der Waals surface area (Å²) in [6, 6.07) is 9.51. The van der Waals surface area contributed by atoms with E-state index in [9.17, 15) is 18.8 Å². The van der Waals surface area contributed by atoms with Crippen LogP contribution in [0.4, 0.5) is 13.6 Å². The third-order valence-corrected chi connectivity index (χ3v) is 9.97. The number of aryl methyl sites for hydroxylation is 1. The number of carbonyl (C=O) groups is 3. The van der Waals surface area contributed by atoms with E-state index in [1.807, 2.05) is 26.0 Å². The molecule has 1 saturated carbocycles. The zero-order valence-corrected chi connectivity index (χ0v) is 29.5. The summed E-state index contributed by atoms with van der Waals surface area (Å²) in [5, 5.41) is 2.59. The highest BCUT2D eigenvalue weighted by Gasteiger charge is 2.39. The first-order valence-corrected chi connectivity index (χ1v) is 18.2. The van der Waals surface area contributed by atoms with Gasteiger partial charge in [0.1, 0.15) is 5.82 Å². The lowest BCUT2D eigenvalue weighted by Crippen LogP contribution is -2.57. The number of rotatable bonds is 17. The van der Waals surface area contributed by atoms with Crippen LogP contribution in [0, 0.1) is 23.5 Å². The molecule has 0 radical (unpaired) electrons. The lowest BCUT2D eigenvalue weighted by molar-refractivity contribution is -0.145. The molecule has 0 bridgehead atoms. The number of amides is 2. The second kappa shape index (κ2) is 19.0. The van der Waals surface area contributed by atoms with E-state index >= 15 is 4.39 Å². The Morgan fingerprint density at radius 2 is 1.67 bits per heavy atom. The van der Waals surface area contributed by atoms with E-state index in [4.69, 9.17) is 10.5 Å². The van der Waals surface area contributed by atoms with E-state index in [0.717, 1.165) is 63.0 Å². The monoisotopic (exact) mass is 683 g/mol.